The van der Waals surface area contributed by atoms with Crippen LogP contribution in [0, 0.1) is 0 Å². The van der Waals surface area contributed by atoms with Gasteiger partial charge in [-0.15, -0.1) is 11.8 Å². The normalized spacial score (nSPS) is 19.1. The Morgan fingerprint density at radius 2 is 1.76 bits per heavy atom. The van der Waals surface area contributed by atoms with Gasteiger partial charge in [-0.2, -0.15) is 4.31 Å². The van der Waals surface area contributed by atoms with Gasteiger partial charge in [-0.25, -0.2) is 8.42 Å². The van der Waals surface area contributed by atoms with Gasteiger partial charge in [0.05, 0.1) is 5.37 Å². The van der Waals surface area contributed by atoms with Crippen molar-refractivity contribution in [1.29, 1.82) is 0 Å². The van der Waals surface area contributed by atoms with Gasteiger partial charge >= 0.3 is 0 Å². The van der Waals surface area contributed by atoms with Crippen molar-refractivity contribution < 1.29 is 8.42 Å². The number of benzene rings is 2. The Bertz CT molecular complexity index is 828. The molecule has 132 valence electrons. The molecular weight excluding hydrogens is 350 g/mol. The van der Waals surface area contributed by atoms with E-state index in [1.165, 1.54) is 11.0 Å². The summed E-state index contributed by atoms with van der Waals surface area (Å²) in [6, 6.07) is 17.8. The fourth-order valence-corrected chi connectivity index (χ4v) is 5.85. The molecule has 2 aromatic rings. The summed E-state index contributed by atoms with van der Waals surface area (Å²) in [6.45, 7) is 4.86. The standard InChI is InChI=1S/C20H23NO2S2/c1-16(2)18-8-10-19(11-9-18)20-21(13-14-24-20)25(22,23)15-12-17-6-4-3-5-7-17/h3-12,15-16,20H,13-14H2,1-2H3. The van der Waals surface area contributed by atoms with E-state index in [1.54, 1.807) is 22.1 Å². The van der Waals surface area contributed by atoms with Gasteiger partial charge in [0, 0.05) is 17.7 Å². The number of hydrogen-bond acceptors (Lipinski definition) is 3. The Labute approximate surface area is 154 Å². The van der Waals surface area contributed by atoms with Gasteiger partial charge < -0.3 is 0 Å². The molecule has 0 aliphatic carbocycles. The summed E-state index contributed by atoms with van der Waals surface area (Å²) in [4.78, 5) is 0. The first kappa shape index (κ1) is 18.2. The molecular formula is C20H23NO2S2. The smallest absolute Gasteiger partial charge is 0.207 e. The second kappa shape index (κ2) is 7.77. The molecule has 2 aromatic carbocycles. The van der Waals surface area contributed by atoms with E-state index in [9.17, 15) is 8.42 Å². The molecule has 1 unspecified atom stereocenters. The molecule has 0 saturated carbocycles. The molecule has 0 amide bonds. The van der Waals surface area contributed by atoms with Crippen molar-refractivity contribution in [3.8, 4) is 0 Å². The first-order valence-electron chi connectivity index (χ1n) is 8.44. The summed E-state index contributed by atoms with van der Waals surface area (Å²) in [6.07, 6.45) is 1.66. The van der Waals surface area contributed by atoms with E-state index in [-0.39, 0.29) is 5.37 Å². The van der Waals surface area contributed by atoms with Crippen LogP contribution in [0.4, 0.5) is 0 Å². The van der Waals surface area contributed by atoms with E-state index in [0.29, 0.717) is 12.5 Å². The van der Waals surface area contributed by atoms with Crippen LogP contribution in [0.2, 0.25) is 0 Å². The van der Waals surface area contributed by atoms with E-state index in [2.05, 4.69) is 38.1 Å². The first-order chi connectivity index (χ1) is 12.0. The van der Waals surface area contributed by atoms with Gasteiger partial charge in [-0.3, -0.25) is 0 Å². The molecule has 0 spiro atoms. The zero-order valence-corrected chi connectivity index (χ0v) is 16.1. The molecule has 0 N–H and O–H groups in total. The predicted octanol–water partition coefficient (Wildman–Crippen LogP) is 4.86. The number of sulfonamides is 1. The van der Waals surface area contributed by atoms with Gasteiger partial charge in [-0.05, 0) is 28.7 Å². The van der Waals surface area contributed by atoms with E-state index < -0.39 is 10.0 Å². The Morgan fingerprint density at radius 1 is 1.08 bits per heavy atom. The lowest BCUT2D eigenvalue weighted by Gasteiger charge is -2.22. The van der Waals surface area contributed by atoms with Crippen LogP contribution < -0.4 is 0 Å². The van der Waals surface area contributed by atoms with Crippen molar-refractivity contribution in [2.75, 3.05) is 12.3 Å². The SMILES string of the molecule is CC(C)c1ccc(C2SCCN2S(=O)(=O)C=Cc2ccccc2)cc1. The van der Waals surface area contributed by atoms with Crippen molar-refractivity contribution in [3.05, 3.63) is 76.7 Å². The number of nitrogens with zero attached hydrogens (tertiary/aromatic N) is 1. The molecule has 0 radical (unpaired) electrons. The summed E-state index contributed by atoms with van der Waals surface area (Å²) < 4.78 is 27.2. The second-order valence-corrected chi connectivity index (χ2v) is 9.37. The molecule has 1 atom stereocenters. The van der Waals surface area contributed by atoms with Gasteiger partial charge in [0.15, 0.2) is 0 Å². The van der Waals surface area contributed by atoms with Crippen LogP contribution >= 0.6 is 11.8 Å². The largest absolute Gasteiger partial charge is 0.237 e. The second-order valence-electron chi connectivity index (χ2n) is 6.41. The maximum atomic E-state index is 12.8. The monoisotopic (exact) mass is 373 g/mol. The lowest BCUT2D eigenvalue weighted by molar-refractivity contribution is 0.442. The summed E-state index contributed by atoms with van der Waals surface area (Å²) in [7, 11) is -3.45. The van der Waals surface area contributed by atoms with Crippen molar-refractivity contribution >= 4 is 27.9 Å². The average Bonchev–Trinajstić information content (AvgIpc) is 3.12. The van der Waals surface area contributed by atoms with Crippen molar-refractivity contribution in [1.82, 2.24) is 4.31 Å². The van der Waals surface area contributed by atoms with Crippen LogP contribution in [0.25, 0.3) is 6.08 Å². The molecule has 1 aliphatic heterocycles. The molecule has 3 nitrogen and oxygen atoms in total. The third kappa shape index (κ3) is 4.35. The summed E-state index contributed by atoms with van der Waals surface area (Å²) in [5.74, 6) is 1.29. The Hall–Kier alpha value is -1.56. The number of hydrogen-bond donors (Lipinski definition) is 0. The zero-order valence-electron chi connectivity index (χ0n) is 14.5. The maximum absolute atomic E-state index is 12.8. The van der Waals surface area contributed by atoms with Crippen LogP contribution in [0.3, 0.4) is 0 Å². The maximum Gasteiger partial charge on any atom is 0.237 e. The summed E-state index contributed by atoms with van der Waals surface area (Å²) in [5.41, 5.74) is 3.20. The van der Waals surface area contributed by atoms with E-state index in [1.807, 2.05) is 30.3 Å². The first-order valence-corrected chi connectivity index (χ1v) is 11.0. The van der Waals surface area contributed by atoms with Crippen molar-refractivity contribution in [2.45, 2.75) is 25.1 Å². The highest BCUT2D eigenvalue weighted by Gasteiger charge is 2.34. The Balaban J connectivity index is 1.81. The van der Waals surface area contributed by atoms with E-state index in [0.717, 1.165) is 16.9 Å². The molecule has 0 aromatic heterocycles. The minimum absolute atomic E-state index is 0.147. The minimum atomic E-state index is -3.45. The summed E-state index contributed by atoms with van der Waals surface area (Å²) >= 11 is 1.68. The van der Waals surface area contributed by atoms with Crippen LogP contribution in [-0.4, -0.2) is 25.0 Å². The average molecular weight is 374 g/mol. The molecule has 1 fully saturated rings. The van der Waals surface area contributed by atoms with Crippen LogP contribution in [0.15, 0.2) is 60.0 Å². The quantitative estimate of drug-likeness (QED) is 0.751. The molecule has 1 saturated heterocycles. The Kier molecular flexibility index (Phi) is 5.67. The lowest BCUT2D eigenvalue weighted by Crippen LogP contribution is -2.28. The molecule has 1 heterocycles. The molecule has 25 heavy (non-hydrogen) atoms. The van der Waals surface area contributed by atoms with Crippen molar-refractivity contribution in [3.63, 3.8) is 0 Å². The van der Waals surface area contributed by atoms with Gasteiger partial charge in [0.25, 0.3) is 0 Å². The number of rotatable bonds is 5. The molecule has 5 heteroatoms. The zero-order chi connectivity index (χ0) is 17.9. The van der Waals surface area contributed by atoms with Crippen molar-refractivity contribution in [2.24, 2.45) is 0 Å². The van der Waals surface area contributed by atoms with Crippen LogP contribution in [0.5, 0.6) is 0 Å². The minimum Gasteiger partial charge on any atom is -0.207 e. The van der Waals surface area contributed by atoms with Gasteiger partial charge in [0.1, 0.15) is 0 Å². The highest BCUT2D eigenvalue weighted by Crippen LogP contribution is 2.40. The number of thioether (sulfide) groups is 1. The summed E-state index contributed by atoms with van der Waals surface area (Å²) in [5, 5.41) is 1.18. The van der Waals surface area contributed by atoms with E-state index >= 15 is 0 Å². The fourth-order valence-electron chi connectivity index (χ4n) is 2.83. The van der Waals surface area contributed by atoms with Gasteiger partial charge in [-0.1, -0.05) is 68.4 Å². The molecule has 1 aliphatic rings. The highest BCUT2D eigenvalue weighted by atomic mass is 32.2. The van der Waals surface area contributed by atoms with Crippen LogP contribution in [0.1, 0.15) is 41.8 Å². The highest BCUT2D eigenvalue weighted by molar-refractivity contribution is 8.01. The third-order valence-corrected chi connectivity index (χ3v) is 7.22. The molecule has 0 bridgehead atoms. The predicted molar refractivity (Wildman–Crippen MR) is 107 cm³/mol. The third-order valence-electron chi connectivity index (χ3n) is 4.30. The lowest BCUT2D eigenvalue weighted by atomic mass is 10.0. The van der Waals surface area contributed by atoms with Gasteiger partial charge in [0.2, 0.25) is 10.0 Å². The Morgan fingerprint density at radius 3 is 2.40 bits per heavy atom. The van der Waals surface area contributed by atoms with Crippen LogP contribution in [-0.2, 0) is 10.0 Å². The fraction of sp³-hybridized carbons (Fsp3) is 0.300. The van der Waals surface area contributed by atoms with E-state index in [4.69, 9.17) is 0 Å². The topological polar surface area (TPSA) is 37.4 Å². The molecule has 3 rings (SSSR count).